The van der Waals surface area contributed by atoms with E-state index in [1.54, 1.807) is 7.11 Å². The number of ether oxygens (including phenoxy) is 2. The molecule has 0 spiro atoms. The summed E-state index contributed by atoms with van der Waals surface area (Å²) in [4.78, 5) is 14.8. The minimum absolute atomic E-state index is 0.0556. The largest absolute Gasteiger partial charge is 0.493 e. The molecular formula is C25H27NO3. The van der Waals surface area contributed by atoms with Gasteiger partial charge in [-0.1, -0.05) is 24.3 Å². The SMILES string of the molecule is CCN1C(=O)/C(=C/c2ccc(OC)c(O[C@H]3C[C@@H]4CC[C@H]3C4)c2)c2ccccc21. The first kappa shape index (κ1) is 18.3. The fourth-order valence-electron chi connectivity index (χ4n) is 5.30. The molecule has 0 saturated heterocycles. The van der Waals surface area contributed by atoms with Crippen LogP contribution in [0.5, 0.6) is 11.5 Å². The molecule has 0 N–H and O–H groups in total. The number of rotatable bonds is 5. The molecule has 150 valence electrons. The van der Waals surface area contributed by atoms with Crippen LogP contribution in [0.3, 0.4) is 0 Å². The molecule has 2 saturated carbocycles. The summed E-state index contributed by atoms with van der Waals surface area (Å²) in [7, 11) is 1.68. The van der Waals surface area contributed by atoms with Crippen LogP contribution in [0, 0.1) is 11.8 Å². The number of carbonyl (C=O) groups excluding carboxylic acids is 1. The molecule has 5 rings (SSSR count). The van der Waals surface area contributed by atoms with Crippen molar-refractivity contribution in [2.24, 2.45) is 11.8 Å². The third-order valence-electron chi connectivity index (χ3n) is 6.73. The molecule has 0 unspecified atom stereocenters. The maximum atomic E-state index is 13.0. The summed E-state index contributed by atoms with van der Waals surface area (Å²) < 4.78 is 12.0. The van der Waals surface area contributed by atoms with Crippen molar-refractivity contribution in [2.45, 2.75) is 38.7 Å². The molecule has 2 fully saturated rings. The molecule has 1 heterocycles. The Hall–Kier alpha value is -2.75. The minimum atomic E-state index is 0.0556. The molecule has 1 amide bonds. The van der Waals surface area contributed by atoms with Crippen molar-refractivity contribution >= 4 is 23.2 Å². The first-order chi connectivity index (χ1) is 14.2. The molecule has 2 aromatic rings. The van der Waals surface area contributed by atoms with Crippen molar-refractivity contribution < 1.29 is 14.3 Å². The zero-order valence-corrected chi connectivity index (χ0v) is 17.1. The van der Waals surface area contributed by atoms with Gasteiger partial charge >= 0.3 is 0 Å². The molecule has 4 heteroatoms. The molecular weight excluding hydrogens is 362 g/mol. The number of methoxy groups -OCH3 is 1. The van der Waals surface area contributed by atoms with Gasteiger partial charge in [-0.05, 0) is 74.3 Å². The van der Waals surface area contributed by atoms with Crippen LogP contribution >= 0.6 is 0 Å². The highest BCUT2D eigenvalue weighted by Crippen LogP contribution is 2.47. The Labute approximate surface area is 172 Å². The van der Waals surface area contributed by atoms with Crippen LogP contribution in [0.4, 0.5) is 5.69 Å². The van der Waals surface area contributed by atoms with Crippen molar-refractivity contribution in [3.63, 3.8) is 0 Å². The van der Waals surface area contributed by atoms with E-state index < -0.39 is 0 Å². The second-order valence-corrected chi connectivity index (χ2v) is 8.37. The van der Waals surface area contributed by atoms with E-state index >= 15 is 0 Å². The van der Waals surface area contributed by atoms with Gasteiger partial charge in [0.15, 0.2) is 11.5 Å². The number of hydrogen-bond acceptors (Lipinski definition) is 3. The standard InChI is InChI=1S/C25H27NO3/c1-3-26-21-7-5-4-6-19(21)20(25(26)27)13-17-9-11-22(28-2)24(15-17)29-23-14-16-8-10-18(23)12-16/h4-7,9,11,13,15-16,18,23H,3,8,10,12,14H2,1-2H3/b20-13+/t16-,18+,23+/m1/s1. The Kier molecular flexibility index (Phi) is 4.57. The number of likely N-dealkylation sites (N-methyl/N-ethyl adjacent to an activating group) is 1. The number of fused-ring (bicyclic) bond motifs is 3. The fourth-order valence-corrected chi connectivity index (χ4v) is 5.30. The van der Waals surface area contributed by atoms with Gasteiger partial charge in [-0.15, -0.1) is 0 Å². The van der Waals surface area contributed by atoms with Crippen LogP contribution in [0.25, 0.3) is 11.6 Å². The van der Waals surface area contributed by atoms with Crippen LogP contribution < -0.4 is 14.4 Å². The summed E-state index contributed by atoms with van der Waals surface area (Å²) >= 11 is 0. The molecule has 0 aromatic heterocycles. The Bertz CT molecular complexity index is 980. The summed E-state index contributed by atoms with van der Waals surface area (Å²) in [5, 5.41) is 0. The summed E-state index contributed by atoms with van der Waals surface area (Å²) in [5.41, 5.74) is 3.67. The van der Waals surface area contributed by atoms with E-state index in [-0.39, 0.29) is 12.0 Å². The second kappa shape index (κ2) is 7.25. The van der Waals surface area contributed by atoms with E-state index in [2.05, 4.69) is 0 Å². The first-order valence-electron chi connectivity index (χ1n) is 10.7. The molecule has 2 aliphatic carbocycles. The van der Waals surface area contributed by atoms with Gasteiger partial charge in [-0.2, -0.15) is 0 Å². The number of anilines is 1. The van der Waals surface area contributed by atoms with Crippen LogP contribution in [-0.4, -0.2) is 25.7 Å². The zero-order valence-electron chi connectivity index (χ0n) is 17.1. The average molecular weight is 389 g/mol. The van der Waals surface area contributed by atoms with Crippen LogP contribution in [0.15, 0.2) is 42.5 Å². The maximum Gasteiger partial charge on any atom is 0.258 e. The van der Waals surface area contributed by atoms with E-state index in [4.69, 9.17) is 9.47 Å². The Morgan fingerprint density at radius 1 is 1.10 bits per heavy atom. The third kappa shape index (κ3) is 3.11. The van der Waals surface area contributed by atoms with Crippen molar-refractivity contribution in [3.8, 4) is 11.5 Å². The average Bonchev–Trinajstić information content (AvgIpc) is 3.42. The highest BCUT2D eigenvalue weighted by atomic mass is 16.5. The van der Waals surface area contributed by atoms with E-state index in [0.29, 0.717) is 12.5 Å². The summed E-state index contributed by atoms with van der Waals surface area (Å²) in [6.45, 7) is 2.67. The molecule has 29 heavy (non-hydrogen) atoms. The topological polar surface area (TPSA) is 38.8 Å². The molecule has 0 radical (unpaired) electrons. The number of hydrogen-bond donors (Lipinski definition) is 0. The molecule has 2 bridgehead atoms. The molecule has 3 aliphatic rings. The van der Waals surface area contributed by atoms with E-state index in [9.17, 15) is 4.79 Å². The normalized spacial score (nSPS) is 26.3. The van der Waals surface area contributed by atoms with Gasteiger partial charge in [-0.3, -0.25) is 4.79 Å². The highest BCUT2D eigenvalue weighted by molar-refractivity contribution is 6.35. The Morgan fingerprint density at radius 2 is 1.97 bits per heavy atom. The quantitative estimate of drug-likeness (QED) is 0.662. The van der Waals surface area contributed by atoms with Crippen LogP contribution in [0.1, 0.15) is 43.7 Å². The Morgan fingerprint density at radius 3 is 2.69 bits per heavy atom. The smallest absolute Gasteiger partial charge is 0.258 e. The summed E-state index contributed by atoms with van der Waals surface area (Å²) in [6.07, 6.45) is 7.34. The molecule has 3 atom stereocenters. The predicted molar refractivity (Wildman–Crippen MR) is 115 cm³/mol. The predicted octanol–water partition coefficient (Wildman–Crippen LogP) is 5.17. The first-order valence-corrected chi connectivity index (χ1v) is 10.7. The highest BCUT2D eigenvalue weighted by Gasteiger charge is 2.41. The molecule has 2 aromatic carbocycles. The Balaban J connectivity index is 1.48. The molecule has 4 nitrogen and oxygen atoms in total. The van der Waals surface area contributed by atoms with Gasteiger partial charge in [0.25, 0.3) is 5.91 Å². The number of amides is 1. The van der Waals surface area contributed by atoms with Gasteiger partial charge < -0.3 is 14.4 Å². The lowest BCUT2D eigenvalue weighted by Crippen LogP contribution is -2.25. The lowest BCUT2D eigenvalue weighted by molar-refractivity contribution is -0.112. The van der Waals surface area contributed by atoms with E-state index in [1.165, 1.54) is 19.3 Å². The van der Waals surface area contributed by atoms with Crippen molar-refractivity contribution in [3.05, 3.63) is 53.6 Å². The molecule has 1 aliphatic heterocycles. The van der Waals surface area contributed by atoms with E-state index in [0.717, 1.165) is 46.2 Å². The van der Waals surface area contributed by atoms with Gasteiger partial charge in [0, 0.05) is 17.7 Å². The number of carbonyl (C=O) groups is 1. The maximum absolute atomic E-state index is 13.0. The fraction of sp³-hybridized carbons (Fsp3) is 0.400. The summed E-state index contributed by atoms with van der Waals surface area (Å²) in [6, 6.07) is 13.9. The van der Waals surface area contributed by atoms with Crippen molar-refractivity contribution in [2.75, 3.05) is 18.6 Å². The monoisotopic (exact) mass is 389 g/mol. The lowest BCUT2D eigenvalue weighted by atomic mass is 9.97. The summed E-state index contributed by atoms with van der Waals surface area (Å²) in [5.74, 6) is 3.09. The lowest BCUT2D eigenvalue weighted by Gasteiger charge is -2.24. The van der Waals surface area contributed by atoms with Gasteiger partial charge in [0.05, 0.1) is 12.8 Å². The zero-order chi connectivity index (χ0) is 20.0. The van der Waals surface area contributed by atoms with Crippen molar-refractivity contribution in [1.82, 2.24) is 0 Å². The van der Waals surface area contributed by atoms with E-state index in [1.807, 2.05) is 60.4 Å². The number of para-hydroxylation sites is 1. The van der Waals surface area contributed by atoms with Crippen molar-refractivity contribution in [1.29, 1.82) is 0 Å². The van der Waals surface area contributed by atoms with Gasteiger partial charge in [-0.25, -0.2) is 0 Å². The number of benzene rings is 2. The van der Waals surface area contributed by atoms with Gasteiger partial charge in [0.2, 0.25) is 0 Å². The second-order valence-electron chi connectivity index (χ2n) is 8.37. The number of nitrogens with zero attached hydrogens (tertiary/aromatic N) is 1. The van der Waals surface area contributed by atoms with Crippen LogP contribution in [0.2, 0.25) is 0 Å². The minimum Gasteiger partial charge on any atom is -0.493 e. The van der Waals surface area contributed by atoms with Crippen LogP contribution in [-0.2, 0) is 4.79 Å². The van der Waals surface area contributed by atoms with Gasteiger partial charge in [0.1, 0.15) is 6.10 Å². The third-order valence-corrected chi connectivity index (χ3v) is 6.73.